The molecule has 0 saturated carbocycles. The molecule has 0 amide bonds. The molecule has 1 saturated heterocycles. The van der Waals surface area contributed by atoms with Crippen molar-refractivity contribution < 1.29 is 0 Å². The summed E-state index contributed by atoms with van der Waals surface area (Å²) in [7, 11) is 0. The monoisotopic (exact) mass is 210 g/mol. The van der Waals surface area contributed by atoms with Crippen molar-refractivity contribution >= 4 is 11.3 Å². The van der Waals surface area contributed by atoms with Crippen molar-refractivity contribution in [3.63, 3.8) is 0 Å². The van der Waals surface area contributed by atoms with E-state index in [1.54, 1.807) is 0 Å². The normalized spacial score (nSPS) is 28.9. The molecule has 0 spiro atoms. The second-order valence-corrected chi connectivity index (χ2v) is 5.22. The molecule has 2 nitrogen and oxygen atoms in total. The first-order chi connectivity index (χ1) is 6.70. The maximum atomic E-state index is 6.16. The molecular weight excluding hydrogens is 192 g/mol. The average molecular weight is 210 g/mol. The smallest absolute Gasteiger partial charge is 0.0596 e. The molecule has 1 aliphatic heterocycles. The number of hydrogen-bond donors (Lipinski definition) is 1. The minimum absolute atomic E-state index is 0.316. The van der Waals surface area contributed by atoms with Gasteiger partial charge in [-0.15, -0.1) is 11.3 Å². The van der Waals surface area contributed by atoms with Crippen LogP contribution in [0.25, 0.3) is 0 Å². The Morgan fingerprint density at radius 2 is 2.36 bits per heavy atom. The first-order valence-corrected chi connectivity index (χ1v) is 6.13. The minimum atomic E-state index is 0.316. The number of rotatable bonds is 2. The predicted octanol–water partition coefficient (Wildman–Crippen LogP) is 2.23. The lowest BCUT2D eigenvalue weighted by Gasteiger charge is -2.29. The molecule has 0 bridgehead atoms. The fourth-order valence-electron chi connectivity index (χ4n) is 2.25. The zero-order chi connectivity index (χ0) is 10.1. The zero-order valence-corrected chi connectivity index (χ0v) is 9.63. The highest BCUT2D eigenvalue weighted by molar-refractivity contribution is 7.10. The van der Waals surface area contributed by atoms with Crippen molar-refractivity contribution in [1.29, 1.82) is 0 Å². The molecular formula is C11H18N2S. The van der Waals surface area contributed by atoms with E-state index in [2.05, 4.69) is 36.3 Å². The summed E-state index contributed by atoms with van der Waals surface area (Å²) >= 11 is 1.82. The predicted molar refractivity (Wildman–Crippen MR) is 61.5 cm³/mol. The van der Waals surface area contributed by atoms with E-state index >= 15 is 0 Å². The highest BCUT2D eigenvalue weighted by atomic mass is 32.1. The van der Waals surface area contributed by atoms with Gasteiger partial charge < -0.3 is 5.73 Å². The molecule has 3 heteroatoms. The van der Waals surface area contributed by atoms with E-state index < -0.39 is 0 Å². The highest BCUT2D eigenvalue weighted by Crippen LogP contribution is 2.34. The number of nitrogens with two attached hydrogens (primary N) is 1. The van der Waals surface area contributed by atoms with E-state index in [0.717, 1.165) is 13.0 Å². The topological polar surface area (TPSA) is 29.3 Å². The van der Waals surface area contributed by atoms with Gasteiger partial charge in [-0.25, -0.2) is 0 Å². The third kappa shape index (κ3) is 1.72. The van der Waals surface area contributed by atoms with Crippen molar-refractivity contribution in [2.75, 3.05) is 6.54 Å². The van der Waals surface area contributed by atoms with Crippen LogP contribution in [0.2, 0.25) is 0 Å². The fraction of sp³-hybridized carbons (Fsp3) is 0.636. The van der Waals surface area contributed by atoms with Crippen LogP contribution in [0.15, 0.2) is 17.5 Å². The standard InChI is InChI=1S/C11H18N2S/c1-8(2)13-6-5-9(12)11(13)10-4-3-7-14-10/h3-4,7-9,11H,5-6,12H2,1-2H3/t9-,11-/m1/s1. The average Bonchev–Trinajstić information content (AvgIpc) is 2.71. The van der Waals surface area contributed by atoms with Crippen LogP contribution in [0.5, 0.6) is 0 Å². The van der Waals surface area contributed by atoms with Crippen LogP contribution >= 0.6 is 11.3 Å². The maximum Gasteiger partial charge on any atom is 0.0596 e. The van der Waals surface area contributed by atoms with Gasteiger partial charge >= 0.3 is 0 Å². The van der Waals surface area contributed by atoms with Crippen LogP contribution in [0, 0.1) is 0 Å². The Balaban J connectivity index is 2.22. The van der Waals surface area contributed by atoms with Gasteiger partial charge in [-0.05, 0) is 31.7 Å². The summed E-state index contributed by atoms with van der Waals surface area (Å²) < 4.78 is 0. The molecule has 2 rings (SSSR count). The van der Waals surface area contributed by atoms with Crippen molar-refractivity contribution in [2.45, 2.75) is 38.4 Å². The molecule has 0 unspecified atom stereocenters. The van der Waals surface area contributed by atoms with Crippen LogP contribution in [-0.4, -0.2) is 23.5 Å². The first-order valence-electron chi connectivity index (χ1n) is 5.25. The Kier molecular flexibility index (Phi) is 2.91. The Labute approximate surface area is 89.7 Å². The van der Waals surface area contributed by atoms with Gasteiger partial charge in [-0.1, -0.05) is 6.07 Å². The van der Waals surface area contributed by atoms with Crippen LogP contribution in [0.4, 0.5) is 0 Å². The summed E-state index contributed by atoms with van der Waals surface area (Å²) in [6.45, 7) is 5.64. The number of hydrogen-bond acceptors (Lipinski definition) is 3. The van der Waals surface area contributed by atoms with Gasteiger partial charge in [0.1, 0.15) is 0 Å². The van der Waals surface area contributed by atoms with Crippen molar-refractivity contribution in [2.24, 2.45) is 5.73 Å². The molecule has 2 N–H and O–H groups in total. The Morgan fingerprint density at radius 1 is 1.57 bits per heavy atom. The van der Waals surface area contributed by atoms with Gasteiger partial charge in [0.05, 0.1) is 6.04 Å². The van der Waals surface area contributed by atoms with E-state index in [4.69, 9.17) is 5.73 Å². The molecule has 0 radical (unpaired) electrons. The molecule has 1 aromatic rings. The molecule has 1 aromatic heterocycles. The summed E-state index contributed by atoms with van der Waals surface area (Å²) in [6.07, 6.45) is 1.13. The van der Waals surface area contributed by atoms with Crippen LogP contribution in [0.3, 0.4) is 0 Å². The third-order valence-corrected chi connectivity index (χ3v) is 3.92. The quantitative estimate of drug-likeness (QED) is 0.811. The van der Waals surface area contributed by atoms with E-state index in [1.807, 2.05) is 11.3 Å². The fourth-order valence-corrected chi connectivity index (χ4v) is 3.18. The zero-order valence-electron chi connectivity index (χ0n) is 8.81. The van der Waals surface area contributed by atoms with Crippen molar-refractivity contribution in [3.8, 4) is 0 Å². The lowest BCUT2D eigenvalue weighted by Crippen LogP contribution is -2.35. The highest BCUT2D eigenvalue weighted by Gasteiger charge is 2.34. The van der Waals surface area contributed by atoms with Gasteiger partial charge in [0.25, 0.3) is 0 Å². The number of nitrogens with zero attached hydrogens (tertiary/aromatic N) is 1. The minimum Gasteiger partial charge on any atom is -0.326 e. The second-order valence-electron chi connectivity index (χ2n) is 4.24. The number of likely N-dealkylation sites (tertiary alicyclic amines) is 1. The van der Waals surface area contributed by atoms with E-state index in [9.17, 15) is 0 Å². The third-order valence-electron chi connectivity index (χ3n) is 2.98. The largest absolute Gasteiger partial charge is 0.326 e. The molecule has 0 aromatic carbocycles. The first kappa shape index (κ1) is 10.1. The summed E-state index contributed by atoms with van der Waals surface area (Å²) in [5.74, 6) is 0. The second kappa shape index (κ2) is 4.01. The molecule has 1 fully saturated rings. The van der Waals surface area contributed by atoms with E-state index in [1.165, 1.54) is 4.88 Å². The molecule has 2 atom stereocenters. The van der Waals surface area contributed by atoms with Gasteiger partial charge in [-0.2, -0.15) is 0 Å². The lowest BCUT2D eigenvalue weighted by atomic mass is 10.1. The molecule has 0 aliphatic carbocycles. The molecule has 14 heavy (non-hydrogen) atoms. The van der Waals surface area contributed by atoms with E-state index in [-0.39, 0.29) is 0 Å². The van der Waals surface area contributed by atoms with Crippen LogP contribution in [0.1, 0.15) is 31.2 Å². The Morgan fingerprint density at radius 3 is 2.93 bits per heavy atom. The summed E-state index contributed by atoms with van der Waals surface area (Å²) in [5.41, 5.74) is 6.16. The van der Waals surface area contributed by atoms with Crippen LogP contribution in [-0.2, 0) is 0 Å². The van der Waals surface area contributed by atoms with Gasteiger partial charge in [0.15, 0.2) is 0 Å². The summed E-state index contributed by atoms with van der Waals surface area (Å²) in [5, 5.41) is 2.14. The van der Waals surface area contributed by atoms with Crippen LogP contribution < -0.4 is 5.73 Å². The van der Waals surface area contributed by atoms with E-state index in [0.29, 0.717) is 18.1 Å². The molecule has 2 heterocycles. The number of thiophene rings is 1. The van der Waals surface area contributed by atoms with Gasteiger partial charge in [-0.3, -0.25) is 4.90 Å². The lowest BCUT2D eigenvalue weighted by molar-refractivity contribution is 0.201. The Hall–Kier alpha value is -0.380. The van der Waals surface area contributed by atoms with Crippen molar-refractivity contribution in [3.05, 3.63) is 22.4 Å². The van der Waals surface area contributed by atoms with Gasteiger partial charge in [0, 0.05) is 23.5 Å². The molecule has 78 valence electrons. The SMILES string of the molecule is CC(C)N1CC[C@@H](N)[C@@H]1c1cccs1. The van der Waals surface area contributed by atoms with Crippen molar-refractivity contribution in [1.82, 2.24) is 4.90 Å². The Bertz CT molecular complexity index is 281. The van der Waals surface area contributed by atoms with Gasteiger partial charge in [0.2, 0.25) is 0 Å². The summed E-state index contributed by atoms with van der Waals surface area (Å²) in [4.78, 5) is 3.93. The molecule has 1 aliphatic rings. The maximum absolute atomic E-state index is 6.16. The summed E-state index contributed by atoms with van der Waals surface area (Å²) in [6, 6.07) is 5.68.